The van der Waals surface area contributed by atoms with Crippen LogP contribution in [0.15, 0.2) is 0 Å². The molecule has 0 radical (unpaired) electrons. The molecule has 0 unspecified atom stereocenters. The molecule has 0 bridgehead atoms. The van der Waals surface area contributed by atoms with Gasteiger partial charge in [-0.1, -0.05) is 38.5 Å². The number of hydrogen-bond donors (Lipinski definition) is 8. The number of hydrogen-bond acceptors (Lipinski definition) is 9. The van der Waals surface area contributed by atoms with E-state index in [0.717, 1.165) is 0 Å². The second-order valence-electron chi connectivity index (χ2n) is 8.18. The molecule has 2 saturated carbocycles. The van der Waals surface area contributed by atoms with Gasteiger partial charge < -0.3 is 46.4 Å². The molecule has 0 amide bonds. The zero-order chi connectivity index (χ0) is 22.8. The second-order valence-corrected chi connectivity index (χ2v) is 9.42. The van der Waals surface area contributed by atoms with Crippen LogP contribution in [-0.2, 0) is 13.8 Å². The van der Waals surface area contributed by atoms with Crippen LogP contribution in [0.1, 0.15) is 64.2 Å². The summed E-state index contributed by atoms with van der Waals surface area (Å²) >= 11 is 0. The lowest BCUT2D eigenvalue weighted by Gasteiger charge is -2.25. The Morgan fingerprint density at radius 1 is 0.933 bits per heavy atom. The fraction of sp³-hybridized carbons (Fsp3) is 1.00. The normalized spacial score (nSPS) is 33.3. The van der Waals surface area contributed by atoms with E-state index in [1.165, 1.54) is 64.2 Å². The number of ether oxygens (including phenoxy) is 1. The first-order valence-corrected chi connectivity index (χ1v) is 12.1. The van der Waals surface area contributed by atoms with Gasteiger partial charge >= 0.3 is 7.82 Å². The van der Waals surface area contributed by atoms with Crippen LogP contribution in [0.2, 0.25) is 0 Å². The quantitative estimate of drug-likeness (QED) is 0.251. The van der Waals surface area contributed by atoms with Crippen molar-refractivity contribution in [3.05, 3.63) is 0 Å². The standard InChI is InChI=1S/2C6H13N.C6H13O9P/c2*7-6-4-2-1-3-5-6;7-1-3-4(8)5(9)6(10,15-3)2-14-16(11,12)13/h2*6H,1-5,7H2;3-5,7-10H,1-2H2,(H2,11,12,13)/t;;3-,4-,5+,6-/m..1/s1. The third kappa shape index (κ3) is 10.4. The minimum Gasteiger partial charge on any atom is -0.394 e. The number of nitrogens with two attached hydrogens (primary N) is 2. The summed E-state index contributed by atoms with van der Waals surface area (Å²) in [5, 5.41) is 36.9. The molecule has 10 N–H and O–H groups in total. The molecule has 1 aliphatic heterocycles. The van der Waals surface area contributed by atoms with E-state index < -0.39 is 45.1 Å². The number of aliphatic hydroxyl groups excluding tert-OH is 3. The molecule has 3 rings (SSSR count). The zero-order valence-electron chi connectivity index (χ0n) is 17.4. The minimum absolute atomic E-state index is 0.536. The van der Waals surface area contributed by atoms with Crippen molar-refractivity contribution >= 4 is 7.82 Å². The maximum atomic E-state index is 10.4. The maximum Gasteiger partial charge on any atom is 0.469 e. The predicted molar refractivity (Wildman–Crippen MR) is 109 cm³/mol. The Morgan fingerprint density at radius 3 is 1.63 bits per heavy atom. The molecule has 0 aromatic heterocycles. The van der Waals surface area contributed by atoms with E-state index in [0.29, 0.717) is 12.1 Å². The molecule has 0 aromatic rings. The fourth-order valence-electron chi connectivity index (χ4n) is 3.58. The summed E-state index contributed by atoms with van der Waals surface area (Å²) in [7, 11) is -4.83. The van der Waals surface area contributed by atoms with Crippen LogP contribution < -0.4 is 11.5 Å². The number of phosphoric ester groups is 1. The van der Waals surface area contributed by atoms with Gasteiger partial charge in [0.15, 0.2) is 0 Å². The summed E-state index contributed by atoms with van der Waals surface area (Å²) in [6, 6.07) is 1.07. The van der Waals surface area contributed by atoms with Gasteiger partial charge in [0.1, 0.15) is 24.9 Å². The first-order chi connectivity index (χ1) is 14.0. The topological polar surface area (TPSA) is 209 Å². The second kappa shape index (κ2) is 13.4. The molecular formula is C18H39N2O9P. The van der Waals surface area contributed by atoms with Crippen molar-refractivity contribution in [2.45, 2.75) is 100 Å². The Hall–Kier alpha value is -0.170. The molecule has 4 atom stereocenters. The van der Waals surface area contributed by atoms with E-state index in [9.17, 15) is 19.9 Å². The molecular weight excluding hydrogens is 419 g/mol. The van der Waals surface area contributed by atoms with E-state index >= 15 is 0 Å². The molecule has 0 aromatic carbocycles. The summed E-state index contributed by atoms with van der Waals surface area (Å²) in [5.74, 6) is -2.46. The van der Waals surface area contributed by atoms with Crippen molar-refractivity contribution in [3.63, 3.8) is 0 Å². The molecule has 1 saturated heterocycles. The molecule has 12 heteroatoms. The summed E-state index contributed by atoms with van der Waals surface area (Å²) in [6.45, 7) is -1.71. The van der Waals surface area contributed by atoms with E-state index in [-0.39, 0.29) is 0 Å². The lowest BCUT2D eigenvalue weighted by atomic mass is 9.97. The highest BCUT2D eigenvalue weighted by atomic mass is 31.2. The van der Waals surface area contributed by atoms with Gasteiger partial charge in [-0.2, -0.15) is 0 Å². The summed E-state index contributed by atoms with van der Waals surface area (Å²) < 4.78 is 19.0. The van der Waals surface area contributed by atoms with Gasteiger partial charge in [0.2, 0.25) is 5.79 Å². The highest BCUT2D eigenvalue weighted by molar-refractivity contribution is 7.46. The molecule has 2 aliphatic carbocycles. The first kappa shape index (κ1) is 27.9. The molecule has 30 heavy (non-hydrogen) atoms. The zero-order valence-corrected chi connectivity index (χ0v) is 18.3. The predicted octanol–water partition coefficient (Wildman–Crippen LogP) is -0.547. The van der Waals surface area contributed by atoms with Crippen LogP contribution in [0.4, 0.5) is 0 Å². The first-order valence-electron chi connectivity index (χ1n) is 10.6. The molecule has 0 spiro atoms. The third-order valence-corrected chi connectivity index (χ3v) is 5.91. The number of aliphatic hydroxyl groups is 4. The lowest BCUT2D eigenvalue weighted by molar-refractivity contribution is -0.245. The van der Waals surface area contributed by atoms with E-state index in [1.54, 1.807) is 0 Å². The SMILES string of the molecule is NC1CCCCC1.NC1CCCCC1.O=P(O)(O)OC[C@@]1(O)O[C@H](CO)[C@@H](O)[C@@H]1O. The van der Waals surface area contributed by atoms with Gasteiger partial charge in [-0.05, 0) is 25.7 Å². The van der Waals surface area contributed by atoms with Crippen molar-refractivity contribution in [3.8, 4) is 0 Å². The van der Waals surface area contributed by atoms with Crippen LogP contribution in [-0.4, -0.2) is 79.6 Å². The van der Waals surface area contributed by atoms with Gasteiger partial charge in [0.05, 0.1) is 6.61 Å². The van der Waals surface area contributed by atoms with Crippen LogP contribution >= 0.6 is 7.82 Å². The molecule has 3 aliphatic rings. The summed E-state index contributed by atoms with van der Waals surface area (Å²) in [5.41, 5.74) is 11.3. The Balaban J connectivity index is 0.000000263. The molecule has 1 heterocycles. The monoisotopic (exact) mass is 458 g/mol. The maximum absolute atomic E-state index is 10.4. The van der Waals surface area contributed by atoms with Crippen LogP contribution in [0, 0.1) is 0 Å². The molecule has 11 nitrogen and oxygen atoms in total. The Bertz CT molecular complexity index is 496. The number of phosphoric acid groups is 1. The van der Waals surface area contributed by atoms with Crippen molar-refractivity contribution in [1.82, 2.24) is 0 Å². The average molecular weight is 458 g/mol. The van der Waals surface area contributed by atoms with Gasteiger partial charge in [-0.15, -0.1) is 0 Å². The third-order valence-electron chi connectivity index (χ3n) is 5.44. The van der Waals surface area contributed by atoms with Crippen LogP contribution in [0.5, 0.6) is 0 Å². The van der Waals surface area contributed by atoms with E-state index in [4.69, 9.17) is 26.4 Å². The Kier molecular flexibility index (Phi) is 12.4. The van der Waals surface area contributed by atoms with Crippen LogP contribution in [0.25, 0.3) is 0 Å². The van der Waals surface area contributed by atoms with Gasteiger partial charge in [-0.3, -0.25) is 4.52 Å². The largest absolute Gasteiger partial charge is 0.469 e. The van der Waals surface area contributed by atoms with Crippen molar-refractivity contribution < 1.29 is 44.0 Å². The van der Waals surface area contributed by atoms with Gasteiger partial charge in [-0.25, -0.2) is 4.57 Å². The minimum atomic E-state index is -4.83. The Morgan fingerprint density at radius 2 is 1.37 bits per heavy atom. The van der Waals surface area contributed by atoms with Gasteiger partial charge in [0, 0.05) is 12.1 Å². The fourth-order valence-corrected chi connectivity index (χ4v) is 3.93. The van der Waals surface area contributed by atoms with E-state index in [2.05, 4.69) is 9.26 Å². The highest BCUT2D eigenvalue weighted by Gasteiger charge is 2.54. The highest BCUT2D eigenvalue weighted by Crippen LogP contribution is 2.39. The molecule has 180 valence electrons. The van der Waals surface area contributed by atoms with Gasteiger partial charge in [0.25, 0.3) is 0 Å². The summed E-state index contributed by atoms with van der Waals surface area (Å²) in [6.07, 6.45) is 8.67. The van der Waals surface area contributed by atoms with Crippen molar-refractivity contribution in [1.29, 1.82) is 0 Å². The summed E-state index contributed by atoms with van der Waals surface area (Å²) in [4.78, 5) is 16.8. The van der Waals surface area contributed by atoms with Crippen molar-refractivity contribution in [2.24, 2.45) is 11.5 Å². The van der Waals surface area contributed by atoms with E-state index in [1.807, 2.05) is 0 Å². The smallest absolute Gasteiger partial charge is 0.394 e. The Labute approximate surface area is 177 Å². The molecule has 3 fully saturated rings. The number of rotatable bonds is 4. The lowest BCUT2D eigenvalue weighted by Crippen LogP contribution is -2.46. The van der Waals surface area contributed by atoms with Crippen molar-refractivity contribution in [2.75, 3.05) is 13.2 Å². The van der Waals surface area contributed by atoms with Crippen LogP contribution in [0.3, 0.4) is 0 Å². The average Bonchev–Trinajstić information content (AvgIpc) is 2.92.